The van der Waals surface area contributed by atoms with E-state index in [1.807, 2.05) is 41.3 Å². The molecule has 0 radical (unpaired) electrons. The van der Waals surface area contributed by atoms with Gasteiger partial charge in [0.15, 0.2) is 0 Å². The number of hydrogen-bond acceptors (Lipinski definition) is 5. The highest BCUT2D eigenvalue weighted by Crippen LogP contribution is 2.39. The van der Waals surface area contributed by atoms with Gasteiger partial charge in [-0.1, -0.05) is 49.6 Å². The number of anilines is 1. The summed E-state index contributed by atoms with van der Waals surface area (Å²) in [5.74, 6) is 6.13. The Morgan fingerprint density at radius 1 is 1.24 bits per heavy atom. The van der Waals surface area contributed by atoms with Crippen LogP contribution in [-0.2, 0) is 4.79 Å². The molecule has 2 aromatic carbocycles. The summed E-state index contributed by atoms with van der Waals surface area (Å²) in [6.45, 7) is 5.29. The van der Waals surface area contributed by atoms with Crippen LogP contribution >= 0.6 is 0 Å². The maximum Gasteiger partial charge on any atom is 0.272 e. The van der Waals surface area contributed by atoms with Crippen molar-refractivity contribution in [3.8, 4) is 5.75 Å². The Bertz CT molecular complexity index is 1030. The summed E-state index contributed by atoms with van der Waals surface area (Å²) in [5, 5.41) is 11.7. The van der Waals surface area contributed by atoms with Crippen molar-refractivity contribution in [3.63, 3.8) is 0 Å². The molecule has 1 saturated heterocycles. The predicted octanol–water partition coefficient (Wildman–Crippen LogP) is 4.42. The van der Waals surface area contributed by atoms with E-state index in [-0.39, 0.29) is 17.3 Å². The van der Waals surface area contributed by atoms with Crippen molar-refractivity contribution >= 4 is 17.4 Å². The quantitative estimate of drug-likeness (QED) is 0.153. The molecular weight excluding hydrogens is 426 g/mol. The largest absolute Gasteiger partial charge is 0.474 e. The number of rotatable bonds is 8. The number of hydrazine groups is 1. The van der Waals surface area contributed by atoms with Crippen molar-refractivity contribution in [2.45, 2.75) is 76.5 Å². The molecule has 182 valence electrons. The average molecular weight is 464 g/mol. The van der Waals surface area contributed by atoms with E-state index in [9.17, 15) is 4.79 Å². The predicted molar refractivity (Wildman–Crippen MR) is 136 cm³/mol. The van der Waals surface area contributed by atoms with E-state index in [1.54, 1.807) is 12.1 Å². The van der Waals surface area contributed by atoms with Crippen molar-refractivity contribution < 1.29 is 9.53 Å². The van der Waals surface area contributed by atoms with Gasteiger partial charge in [-0.15, -0.1) is 0 Å². The van der Waals surface area contributed by atoms with Gasteiger partial charge in [0, 0.05) is 29.3 Å². The fourth-order valence-electron chi connectivity index (χ4n) is 5.30. The van der Waals surface area contributed by atoms with E-state index in [1.165, 1.54) is 25.7 Å². The Kier molecular flexibility index (Phi) is 7.54. The third-order valence-corrected chi connectivity index (χ3v) is 7.08. The first-order valence-electron chi connectivity index (χ1n) is 12.4. The standard InChI is InChI=1S/C27H37N5O2/c1-19-10-9-16-27(2,30-19)15-6-3-7-17-32-22-13-4-5-14-23(22)34-24(26(32)33)20-11-8-12-21(18-20)25(28)31-29/h4-5,8,11-14,18-19,24,30H,3,6-7,9-10,15-17,29H2,1-2H3,(H2,28,31)/t19-,24?,27+/m0/s1. The highest BCUT2D eigenvalue weighted by atomic mass is 16.5. The highest BCUT2D eigenvalue weighted by molar-refractivity contribution is 6.01. The summed E-state index contributed by atoms with van der Waals surface area (Å²) in [7, 11) is 0. The number of fused-ring (bicyclic) bond motifs is 1. The second-order valence-corrected chi connectivity index (χ2v) is 9.91. The average Bonchev–Trinajstić information content (AvgIpc) is 2.84. The third kappa shape index (κ3) is 5.42. The van der Waals surface area contributed by atoms with Crippen LogP contribution in [0.5, 0.6) is 5.75 Å². The van der Waals surface area contributed by atoms with Crippen LogP contribution in [0.4, 0.5) is 5.69 Å². The molecule has 4 rings (SSSR count). The van der Waals surface area contributed by atoms with Gasteiger partial charge in [-0.3, -0.25) is 10.2 Å². The van der Waals surface area contributed by atoms with Crippen molar-refractivity contribution in [1.29, 1.82) is 5.41 Å². The number of nitrogens with one attached hydrogen (secondary N) is 3. The number of ether oxygens (including phenoxy) is 1. The van der Waals surface area contributed by atoms with Gasteiger partial charge in [-0.25, -0.2) is 5.84 Å². The first-order valence-corrected chi connectivity index (χ1v) is 12.4. The van der Waals surface area contributed by atoms with Crippen LogP contribution in [0.1, 0.15) is 76.0 Å². The molecule has 2 aliphatic rings. The molecule has 0 bridgehead atoms. The van der Waals surface area contributed by atoms with Crippen LogP contribution in [0.15, 0.2) is 48.5 Å². The maximum atomic E-state index is 13.5. The third-order valence-electron chi connectivity index (χ3n) is 7.08. The van der Waals surface area contributed by atoms with Crippen molar-refractivity contribution in [2.75, 3.05) is 11.4 Å². The number of para-hydroxylation sites is 2. The lowest BCUT2D eigenvalue weighted by atomic mass is 9.84. The molecule has 3 atom stereocenters. The minimum atomic E-state index is -0.743. The summed E-state index contributed by atoms with van der Waals surface area (Å²) in [6, 6.07) is 15.6. The Morgan fingerprint density at radius 3 is 2.85 bits per heavy atom. The number of hydrogen-bond donors (Lipinski definition) is 4. The lowest BCUT2D eigenvalue weighted by Gasteiger charge is -2.39. The number of benzene rings is 2. The summed E-state index contributed by atoms with van der Waals surface area (Å²) >= 11 is 0. The lowest BCUT2D eigenvalue weighted by molar-refractivity contribution is -0.126. The summed E-state index contributed by atoms with van der Waals surface area (Å²) < 4.78 is 6.14. The molecule has 1 fully saturated rings. The number of amidine groups is 1. The molecule has 0 saturated carbocycles. The molecular formula is C27H37N5O2. The Morgan fingerprint density at radius 2 is 2.06 bits per heavy atom. The van der Waals surface area contributed by atoms with E-state index < -0.39 is 6.10 Å². The smallest absolute Gasteiger partial charge is 0.272 e. The molecule has 7 heteroatoms. The van der Waals surface area contributed by atoms with E-state index in [2.05, 4.69) is 24.6 Å². The zero-order valence-corrected chi connectivity index (χ0v) is 20.3. The van der Waals surface area contributed by atoms with Crippen LogP contribution in [0, 0.1) is 5.41 Å². The minimum Gasteiger partial charge on any atom is -0.474 e. The van der Waals surface area contributed by atoms with Gasteiger partial charge < -0.3 is 20.4 Å². The van der Waals surface area contributed by atoms with Crippen LogP contribution in [-0.4, -0.2) is 29.9 Å². The van der Waals surface area contributed by atoms with Crippen molar-refractivity contribution in [1.82, 2.24) is 10.7 Å². The molecule has 34 heavy (non-hydrogen) atoms. The lowest BCUT2D eigenvalue weighted by Crippen LogP contribution is -2.50. The first kappa shape index (κ1) is 24.2. The molecule has 5 N–H and O–H groups in total. The van der Waals surface area contributed by atoms with Crippen LogP contribution in [0.25, 0.3) is 0 Å². The van der Waals surface area contributed by atoms with Gasteiger partial charge in [0.25, 0.3) is 5.91 Å². The number of piperidine rings is 1. The molecule has 0 spiro atoms. The van der Waals surface area contributed by atoms with E-state index in [0.717, 1.165) is 24.9 Å². The van der Waals surface area contributed by atoms with Crippen molar-refractivity contribution in [2.24, 2.45) is 5.84 Å². The monoisotopic (exact) mass is 463 g/mol. The zero-order valence-electron chi connectivity index (χ0n) is 20.3. The van der Waals surface area contributed by atoms with Gasteiger partial charge in [-0.2, -0.15) is 0 Å². The van der Waals surface area contributed by atoms with Crippen LogP contribution < -0.4 is 26.2 Å². The number of nitrogens with two attached hydrogens (primary N) is 1. The number of nitrogens with zero attached hydrogens (tertiary/aromatic N) is 1. The number of carbonyl (C=O) groups is 1. The second-order valence-electron chi connectivity index (χ2n) is 9.91. The molecule has 0 aromatic heterocycles. The van der Waals surface area contributed by atoms with Gasteiger partial charge in [0.2, 0.25) is 6.10 Å². The summed E-state index contributed by atoms with van der Waals surface area (Å²) in [6.07, 6.45) is 7.41. The first-order chi connectivity index (χ1) is 16.4. The normalized spacial score (nSPS) is 24.3. The van der Waals surface area contributed by atoms with Crippen LogP contribution in [0.2, 0.25) is 0 Å². The summed E-state index contributed by atoms with van der Waals surface area (Å²) in [5.41, 5.74) is 4.75. The molecule has 0 aliphatic carbocycles. The second kappa shape index (κ2) is 10.6. The fourth-order valence-corrected chi connectivity index (χ4v) is 5.30. The molecule has 7 nitrogen and oxygen atoms in total. The van der Waals surface area contributed by atoms with E-state index >= 15 is 0 Å². The topological polar surface area (TPSA) is 103 Å². The number of carbonyl (C=O) groups excluding carboxylic acids is 1. The van der Waals surface area contributed by atoms with Gasteiger partial charge in [-0.05, 0) is 57.7 Å². The SMILES string of the molecule is C[C@H]1CCC[C@@](C)(CCCCCN2C(=O)C(c3cccc(C(=N)NN)c3)Oc3ccccc32)N1. The molecule has 1 unspecified atom stereocenters. The molecule has 1 amide bonds. The van der Waals surface area contributed by atoms with Crippen molar-refractivity contribution in [3.05, 3.63) is 59.7 Å². The zero-order chi connectivity index (χ0) is 24.1. The number of amides is 1. The maximum absolute atomic E-state index is 13.5. The Balaban J connectivity index is 1.42. The van der Waals surface area contributed by atoms with Gasteiger partial charge in [0.1, 0.15) is 11.6 Å². The Hall–Kier alpha value is -2.90. The number of unbranched alkanes of at least 4 members (excludes halogenated alkanes) is 2. The fraction of sp³-hybridized carbons (Fsp3) is 0.481. The van der Waals surface area contributed by atoms with Gasteiger partial charge in [0.05, 0.1) is 5.69 Å². The molecule has 2 heterocycles. The van der Waals surface area contributed by atoms with Crippen LogP contribution in [0.3, 0.4) is 0 Å². The minimum absolute atomic E-state index is 0.0715. The van der Waals surface area contributed by atoms with Gasteiger partial charge >= 0.3 is 0 Å². The highest BCUT2D eigenvalue weighted by Gasteiger charge is 2.35. The summed E-state index contributed by atoms with van der Waals surface area (Å²) in [4.78, 5) is 15.4. The van der Waals surface area contributed by atoms with E-state index in [4.69, 9.17) is 16.0 Å². The van der Waals surface area contributed by atoms with E-state index in [0.29, 0.717) is 29.5 Å². The molecule has 2 aliphatic heterocycles. The molecule has 2 aromatic rings. The Labute approximate surface area is 202 Å².